The molecule has 0 spiro atoms. The van der Waals surface area contributed by atoms with E-state index in [0.29, 0.717) is 0 Å². The van der Waals surface area contributed by atoms with Crippen molar-refractivity contribution in [2.45, 2.75) is 33.2 Å². The zero-order valence-electron chi connectivity index (χ0n) is 11.9. The molecule has 2 nitrogen and oxygen atoms in total. The molecule has 1 fully saturated rings. The average Bonchev–Trinajstić information content (AvgIpc) is 2.34. The summed E-state index contributed by atoms with van der Waals surface area (Å²) < 4.78 is 0. The van der Waals surface area contributed by atoms with Gasteiger partial charge in [-0.3, -0.25) is 0 Å². The fourth-order valence-electron chi connectivity index (χ4n) is 2.80. The minimum absolute atomic E-state index is 0.144. The number of nitrogens with two attached hydrogens (primary N) is 1. The van der Waals surface area contributed by atoms with Crippen molar-refractivity contribution in [1.29, 1.82) is 0 Å². The molecule has 100 valence electrons. The van der Waals surface area contributed by atoms with Crippen LogP contribution in [0.4, 0.5) is 0 Å². The second-order valence-electron chi connectivity index (χ2n) is 6.02. The first-order valence-electron chi connectivity index (χ1n) is 7.10. The van der Waals surface area contributed by atoms with Crippen LogP contribution in [0.3, 0.4) is 0 Å². The van der Waals surface area contributed by atoms with E-state index in [0.717, 1.165) is 18.4 Å². The SMILES string of the molecule is Cc1cccc(C(N)CN2CCC(C)C(C)C2)c1. The van der Waals surface area contributed by atoms with Crippen molar-refractivity contribution < 1.29 is 0 Å². The first-order chi connectivity index (χ1) is 8.56. The molecule has 2 rings (SSSR count). The normalized spacial score (nSPS) is 27.1. The van der Waals surface area contributed by atoms with Crippen LogP contribution in [0.2, 0.25) is 0 Å². The highest BCUT2D eigenvalue weighted by Crippen LogP contribution is 2.24. The first kappa shape index (κ1) is 13.6. The molecule has 1 aliphatic heterocycles. The van der Waals surface area contributed by atoms with E-state index in [1.165, 1.54) is 30.6 Å². The van der Waals surface area contributed by atoms with Crippen molar-refractivity contribution in [1.82, 2.24) is 4.90 Å². The summed E-state index contributed by atoms with van der Waals surface area (Å²) >= 11 is 0. The topological polar surface area (TPSA) is 29.3 Å². The third-order valence-electron chi connectivity index (χ3n) is 4.34. The molecule has 1 heterocycles. The van der Waals surface area contributed by atoms with Gasteiger partial charge in [-0.25, -0.2) is 0 Å². The van der Waals surface area contributed by atoms with Crippen molar-refractivity contribution in [2.24, 2.45) is 17.6 Å². The number of likely N-dealkylation sites (tertiary alicyclic amines) is 1. The van der Waals surface area contributed by atoms with Crippen LogP contribution in [0, 0.1) is 18.8 Å². The minimum Gasteiger partial charge on any atom is -0.323 e. The standard InChI is InChI=1S/C16H26N2/c1-12-5-4-6-15(9-12)16(17)11-18-8-7-13(2)14(3)10-18/h4-6,9,13-14,16H,7-8,10-11,17H2,1-3H3. The zero-order valence-corrected chi connectivity index (χ0v) is 11.9. The Balaban J connectivity index is 1.93. The van der Waals surface area contributed by atoms with Gasteiger partial charge in [-0.2, -0.15) is 0 Å². The van der Waals surface area contributed by atoms with Gasteiger partial charge in [-0.15, -0.1) is 0 Å². The molecule has 0 bridgehead atoms. The molecule has 2 N–H and O–H groups in total. The highest BCUT2D eigenvalue weighted by molar-refractivity contribution is 5.25. The fraction of sp³-hybridized carbons (Fsp3) is 0.625. The molecule has 3 unspecified atom stereocenters. The van der Waals surface area contributed by atoms with E-state index in [1.54, 1.807) is 0 Å². The van der Waals surface area contributed by atoms with Crippen LogP contribution >= 0.6 is 0 Å². The highest BCUT2D eigenvalue weighted by Gasteiger charge is 2.23. The van der Waals surface area contributed by atoms with Gasteiger partial charge < -0.3 is 10.6 Å². The summed E-state index contributed by atoms with van der Waals surface area (Å²) in [5.41, 5.74) is 8.89. The van der Waals surface area contributed by atoms with E-state index in [9.17, 15) is 0 Å². The van der Waals surface area contributed by atoms with E-state index in [-0.39, 0.29) is 6.04 Å². The predicted octanol–water partition coefficient (Wildman–Crippen LogP) is 2.97. The summed E-state index contributed by atoms with van der Waals surface area (Å²) in [6.07, 6.45) is 1.31. The highest BCUT2D eigenvalue weighted by atomic mass is 15.1. The van der Waals surface area contributed by atoms with Gasteiger partial charge in [0.15, 0.2) is 0 Å². The van der Waals surface area contributed by atoms with Gasteiger partial charge in [0.2, 0.25) is 0 Å². The molecule has 1 aromatic rings. The summed E-state index contributed by atoms with van der Waals surface area (Å²) in [5, 5.41) is 0. The van der Waals surface area contributed by atoms with Gasteiger partial charge in [0.05, 0.1) is 0 Å². The summed E-state index contributed by atoms with van der Waals surface area (Å²) in [5.74, 6) is 1.65. The quantitative estimate of drug-likeness (QED) is 0.888. The lowest BCUT2D eigenvalue weighted by molar-refractivity contribution is 0.132. The van der Waals surface area contributed by atoms with Crippen LogP contribution in [0.25, 0.3) is 0 Å². The van der Waals surface area contributed by atoms with Crippen LogP contribution in [0.1, 0.15) is 37.4 Å². The smallest absolute Gasteiger partial charge is 0.0424 e. The average molecular weight is 246 g/mol. The van der Waals surface area contributed by atoms with Gasteiger partial charge in [-0.1, -0.05) is 43.7 Å². The number of rotatable bonds is 3. The molecule has 18 heavy (non-hydrogen) atoms. The lowest BCUT2D eigenvalue weighted by Crippen LogP contribution is -2.41. The van der Waals surface area contributed by atoms with E-state index >= 15 is 0 Å². The van der Waals surface area contributed by atoms with Crippen LogP contribution in [-0.4, -0.2) is 24.5 Å². The summed E-state index contributed by atoms with van der Waals surface area (Å²) in [6.45, 7) is 10.2. The molecule has 0 aromatic heterocycles. The van der Waals surface area contributed by atoms with Crippen LogP contribution < -0.4 is 5.73 Å². The van der Waals surface area contributed by atoms with Gasteiger partial charge >= 0.3 is 0 Å². The molecule has 1 aromatic carbocycles. The van der Waals surface area contributed by atoms with Crippen molar-refractivity contribution in [3.8, 4) is 0 Å². The van der Waals surface area contributed by atoms with Gasteiger partial charge in [-0.05, 0) is 37.3 Å². The van der Waals surface area contributed by atoms with E-state index in [2.05, 4.69) is 49.9 Å². The molecule has 1 saturated heterocycles. The second kappa shape index (κ2) is 5.85. The van der Waals surface area contributed by atoms with Crippen molar-refractivity contribution in [3.05, 3.63) is 35.4 Å². The Hall–Kier alpha value is -0.860. The Bertz CT molecular complexity index is 388. The van der Waals surface area contributed by atoms with E-state index < -0.39 is 0 Å². The van der Waals surface area contributed by atoms with Gasteiger partial charge in [0.1, 0.15) is 0 Å². The maximum atomic E-state index is 6.33. The maximum absolute atomic E-state index is 6.33. The third-order valence-corrected chi connectivity index (χ3v) is 4.34. The Morgan fingerprint density at radius 1 is 1.33 bits per heavy atom. The van der Waals surface area contributed by atoms with Crippen LogP contribution in [-0.2, 0) is 0 Å². The Morgan fingerprint density at radius 2 is 2.11 bits per heavy atom. The number of benzene rings is 1. The summed E-state index contributed by atoms with van der Waals surface area (Å²) in [6, 6.07) is 8.73. The number of aryl methyl sites for hydroxylation is 1. The molecule has 0 saturated carbocycles. The van der Waals surface area contributed by atoms with Crippen molar-refractivity contribution in [3.63, 3.8) is 0 Å². The van der Waals surface area contributed by atoms with Crippen molar-refractivity contribution >= 4 is 0 Å². The second-order valence-corrected chi connectivity index (χ2v) is 6.02. The first-order valence-corrected chi connectivity index (χ1v) is 7.10. The van der Waals surface area contributed by atoms with Crippen molar-refractivity contribution in [2.75, 3.05) is 19.6 Å². The Labute approximate surface area is 111 Å². The molecule has 0 amide bonds. The third kappa shape index (κ3) is 3.33. The predicted molar refractivity (Wildman–Crippen MR) is 77.5 cm³/mol. The summed E-state index contributed by atoms with van der Waals surface area (Å²) in [4.78, 5) is 2.53. The van der Waals surface area contributed by atoms with E-state index in [1.807, 2.05) is 0 Å². The molecule has 1 aliphatic rings. The largest absolute Gasteiger partial charge is 0.323 e. The van der Waals surface area contributed by atoms with E-state index in [4.69, 9.17) is 5.73 Å². The monoisotopic (exact) mass is 246 g/mol. The molecule has 0 aliphatic carbocycles. The minimum atomic E-state index is 0.144. The Kier molecular flexibility index (Phi) is 4.41. The maximum Gasteiger partial charge on any atom is 0.0424 e. The van der Waals surface area contributed by atoms with Gasteiger partial charge in [0.25, 0.3) is 0 Å². The molecule has 3 atom stereocenters. The fourth-order valence-corrected chi connectivity index (χ4v) is 2.80. The number of hydrogen-bond donors (Lipinski definition) is 1. The van der Waals surface area contributed by atoms with Crippen LogP contribution in [0.15, 0.2) is 24.3 Å². The molecular formula is C16H26N2. The van der Waals surface area contributed by atoms with Crippen LogP contribution in [0.5, 0.6) is 0 Å². The lowest BCUT2D eigenvalue weighted by atomic mass is 9.88. The molecule has 0 radical (unpaired) electrons. The number of hydrogen-bond acceptors (Lipinski definition) is 2. The number of piperidine rings is 1. The molecule has 2 heteroatoms. The van der Waals surface area contributed by atoms with Gasteiger partial charge in [0, 0.05) is 19.1 Å². The zero-order chi connectivity index (χ0) is 13.1. The Morgan fingerprint density at radius 3 is 2.78 bits per heavy atom. The number of nitrogens with zero attached hydrogens (tertiary/aromatic N) is 1. The lowest BCUT2D eigenvalue weighted by Gasteiger charge is -2.36. The molecular weight excluding hydrogens is 220 g/mol. The summed E-state index contributed by atoms with van der Waals surface area (Å²) in [7, 11) is 0.